The van der Waals surface area contributed by atoms with Gasteiger partial charge in [0.1, 0.15) is 0 Å². The molecule has 5 nitrogen and oxygen atoms in total. The quantitative estimate of drug-likeness (QED) is 0.499. The van der Waals surface area contributed by atoms with E-state index in [4.69, 9.17) is 9.26 Å². The summed E-state index contributed by atoms with van der Waals surface area (Å²) in [6, 6.07) is 0. The van der Waals surface area contributed by atoms with Crippen LogP contribution >= 0.6 is 7.82 Å². The van der Waals surface area contributed by atoms with E-state index in [0.717, 1.165) is 6.42 Å². The molecule has 0 saturated heterocycles. The summed E-state index contributed by atoms with van der Waals surface area (Å²) in [5.74, 6) is 0. The largest absolute Gasteiger partial charge is 0.756 e. The third kappa shape index (κ3) is 10.4. The zero-order chi connectivity index (χ0) is 11.9. The molecule has 0 aromatic heterocycles. The smallest absolute Gasteiger partial charge is 0.268 e. The summed E-state index contributed by atoms with van der Waals surface area (Å²) in [7, 11) is -4.19. The predicted octanol–water partition coefficient (Wildman–Crippen LogP) is 1.71. The molecule has 0 N–H and O–H groups in total. The van der Waals surface area contributed by atoms with Crippen molar-refractivity contribution in [3.63, 3.8) is 0 Å². The molecule has 0 aliphatic carbocycles. The highest BCUT2D eigenvalue weighted by atomic mass is 31.2. The normalized spacial score (nSPS) is 16.3. The lowest BCUT2D eigenvalue weighted by Gasteiger charge is -2.30. The molecule has 15 heavy (non-hydrogen) atoms. The summed E-state index contributed by atoms with van der Waals surface area (Å²) in [5.41, 5.74) is -0.762. The van der Waals surface area contributed by atoms with Crippen molar-refractivity contribution in [1.29, 1.82) is 0 Å². The molecule has 0 aliphatic rings. The van der Waals surface area contributed by atoms with E-state index in [2.05, 4.69) is 4.52 Å². The van der Waals surface area contributed by atoms with Crippen LogP contribution in [0.25, 0.3) is 0 Å². The SMILES string of the molecule is CCCOCCOP(=O)([O-])OC(C)(C)C. The van der Waals surface area contributed by atoms with Crippen LogP contribution in [0.1, 0.15) is 34.1 Å². The van der Waals surface area contributed by atoms with Gasteiger partial charge in [-0.15, -0.1) is 0 Å². The first kappa shape index (κ1) is 15.1. The standard InChI is InChI=1S/C9H21O5P/c1-5-6-12-7-8-13-15(10,11)14-9(2,3)4/h5-8H2,1-4H3,(H,10,11)/p-1. The Balaban J connectivity index is 3.70. The van der Waals surface area contributed by atoms with Gasteiger partial charge in [-0.1, -0.05) is 6.92 Å². The summed E-state index contributed by atoms with van der Waals surface area (Å²) in [6.07, 6.45) is 0.896. The molecular formula is C9H20O5P-. The second-order valence-corrected chi connectivity index (χ2v) is 5.43. The van der Waals surface area contributed by atoms with Gasteiger partial charge in [0, 0.05) is 6.61 Å². The molecule has 0 amide bonds. The summed E-state index contributed by atoms with van der Waals surface area (Å²) < 4.78 is 25.6. The first-order valence-electron chi connectivity index (χ1n) is 5.01. The van der Waals surface area contributed by atoms with E-state index in [-0.39, 0.29) is 13.2 Å². The van der Waals surface area contributed by atoms with Gasteiger partial charge in [0.15, 0.2) is 0 Å². The number of phosphoric ester groups is 1. The Kier molecular flexibility index (Phi) is 6.64. The van der Waals surface area contributed by atoms with E-state index in [9.17, 15) is 9.46 Å². The van der Waals surface area contributed by atoms with Crippen molar-refractivity contribution in [2.24, 2.45) is 0 Å². The number of hydrogen-bond acceptors (Lipinski definition) is 5. The number of ether oxygens (including phenoxy) is 1. The monoisotopic (exact) mass is 239 g/mol. The topological polar surface area (TPSA) is 67.8 Å². The molecular weight excluding hydrogens is 219 g/mol. The molecule has 0 bridgehead atoms. The Hall–Kier alpha value is 0.0700. The zero-order valence-corrected chi connectivity index (χ0v) is 10.7. The van der Waals surface area contributed by atoms with Gasteiger partial charge in [-0.25, -0.2) is 0 Å². The second kappa shape index (κ2) is 6.61. The van der Waals surface area contributed by atoms with Crippen LogP contribution in [0.15, 0.2) is 0 Å². The van der Waals surface area contributed by atoms with E-state index in [0.29, 0.717) is 6.61 Å². The van der Waals surface area contributed by atoms with Crippen LogP contribution < -0.4 is 4.89 Å². The van der Waals surface area contributed by atoms with Crippen molar-refractivity contribution in [2.45, 2.75) is 39.7 Å². The minimum atomic E-state index is -4.19. The molecule has 6 heteroatoms. The van der Waals surface area contributed by atoms with Crippen molar-refractivity contribution >= 4 is 7.82 Å². The molecule has 0 spiro atoms. The van der Waals surface area contributed by atoms with Crippen LogP contribution in [0.4, 0.5) is 0 Å². The highest BCUT2D eigenvalue weighted by Gasteiger charge is 2.19. The molecule has 0 radical (unpaired) electrons. The molecule has 0 fully saturated rings. The van der Waals surface area contributed by atoms with Crippen LogP contribution in [0.3, 0.4) is 0 Å². The Morgan fingerprint density at radius 2 is 1.80 bits per heavy atom. The van der Waals surface area contributed by atoms with Crippen LogP contribution in [0.2, 0.25) is 0 Å². The maximum Gasteiger partial charge on any atom is 0.268 e. The van der Waals surface area contributed by atoms with Gasteiger partial charge >= 0.3 is 0 Å². The molecule has 0 rings (SSSR count). The molecule has 0 saturated carbocycles. The maximum atomic E-state index is 11.2. The molecule has 0 aliphatic heterocycles. The van der Waals surface area contributed by atoms with Crippen LogP contribution in [-0.2, 0) is 18.3 Å². The van der Waals surface area contributed by atoms with Crippen LogP contribution in [-0.4, -0.2) is 25.4 Å². The molecule has 1 unspecified atom stereocenters. The van der Waals surface area contributed by atoms with Gasteiger partial charge in [0.25, 0.3) is 7.82 Å². The summed E-state index contributed by atoms with van der Waals surface area (Å²) in [4.78, 5) is 11.2. The van der Waals surface area contributed by atoms with Gasteiger partial charge in [-0.05, 0) is 27.2 Å². The van der Waals surface area contributed by atoms with Gasteiger partial charge in [0.2, 0.25) is 0 Å². The average Bonchev–Trinajstić information content (AvgIpc) is 1.99. The van der Waals surface area contributed by atoms with E-state index in [1.807, 2.05) is 6.92 Å². The van der Waals surface area contributed by atoms with Gasteiger partial charge in [-0.2, -0.15) is 0 Å². The lowest BCUT2D eigenvalue weighted by atomic mass is 10.2. The lowest BCUT2D eigenvalue weighted by molar-refractivity contribution is -0.234. The van der Waals surface area contributed by atoms with Crippen molar-refractivity contribution in [2.75, 3.05) is 19.8 Å². The lowest BCUT2D eigenvalue weighted by Crippen LogP contribution is -2.23. The third-order valence-corrected chi connectivity index (χ3v) is 2.48. The van der Waals surface area contributed by atoms with E-state index in [1.54, 1.807) is 20.8 Å². The molecule has 0 aromatic carbocycles. The molecule has 1 atom stereocenters. The van der Waals surface area contributed by atoms with Crippen LogP contribution in [0, 0.1) is 0 Å². The first-order valence-corrected chi connectivity index (χ1v) is 6.47. The summed E-state index contributed by atoms with van der Waals surface area (Å²) in [5, 5.41) is 0. The highest BCUT2D eigenvalue weighted by Crippen LogP contribution is 2.42. The number of hydrogen-bond donors (Lipinski definition) is 0. The fourth-order valence-electron chi connectivity index (χ4n) is 0.816. The van der Waals surface area contributed by atoms with Crippen molar-refractivity contribution in [3.8, 4) is 0 Å². The third-order valence-electron chi connectivity index (χ3n) is 1.21. The fraction of sp³-hybridized carbons (Fsp3) is 1.00. The van der Waals surface area contributed by atoms with Gasteiger partial charge < -0.3 is 18.7 Å². The molecule has 0 heterocycles. The highest BCUT2D eigenvalue weighted by molar-refractivity contribution is 7.45. The van der Waals surface area contributed by atoms with Gasteiger partial charge in [-0.3, -0.25) is 4.57 Å². The number of rotatable bonds is 7. The Morgan fingerprint density at radius 1 is 1.20 bits per heavy atom. The second-order valence-electron chi connectivity index (χ2n) is 4.10. The Morgan fingerprint density at radius 3 is 2.27 bits per heavy atom. The number of phosphoric acid groups is 1. The van der Waals surface area contributed by atoms with Crippen LogP contribution in [0.5, 0.6) is 0 Å². The summed E-state index contributed by atoms with van der Waals surface area (Å²) >= 11 is 0. The van der Waals surface area contributed by atoms with Crippen molar-refractivity contribution < 1.29 is 23.2 Å². The minimum Gasteiger partial charge on any atom is -0.756 e. The van der Waals surface area contributed by atoms with Gasteiger partial charge in [0.05, 0.1) is 18.8 Å². The molecule has 92 valence electrons. The van der Waals surface area contributed by atoms with E-state index in [1.165, 1.54) is 0 Å². The van der Waals surface area contributed by atoms with E-state index >= 15 is 0 Å². The fourth-order valence-corrected chi connectivity index (χ4v) is 1.84. The Bertz CT molecular complexity index is 211. The zero-order valence-electron chi connectivity index (χ0n) is 9.82. The maximum absolute atomic E-state index is 11.2. The predicted molar refractivity (Wildman–Crippen MR) is 55.5 cm³/mol. The summed E-state index contributed by atoms with van der Waals surface area (Å²) in [6.45, 7) is 7.77. The Labute approximate surface area is 91.3 Å². The van der Waals surface area contributed by atoms with Crippen molar-refractivity contribution in [3.05, 3.63) is 0 Å². The average molecular weight is 239 g/mol. The van der Waals surface area contributed by atoms with Crippen molar-refractivity contribution in [1.82, 2.24) is 0 Å². The minimum absolute atomic E-state index is 0.00312. The first-order chi connectivity index (χ1) is 6.77. The molecule has 0 aromatic rings. The van der Waals surface area contributed by atoms with E-state index < -0.39 is 13.4 Å².